The highest BCUT2D eigenvalue weighted by atomic mass is 19.3. The fraction of sp³-hybridized carbons (Fsp3) is 0.600. The van der Waals surface area contributed by atoms with Gasteiger partial charge >= 0.3 is 19.3 Å². The van der Waals surface area contributed by atoms with Gasteiger partial charge in [-0.25, -0.2) is 9.78 Å². The molecule has 1 aromatic heterocycles. The van der Waals surface area contributed by atoms with Crippen molar-refractivity contribution in [2.45, 2.75) is 57.6 Å². The van der Waals surface area contributed by atoms with Crippen molar-refractivity contribution in [2.75, 3.05) is 0 Å². The van der Waals surface area contributed by atoms with Gasteiger partial charge < -0.3 is 20.1 Å². The largest absolute Gasteiger partial charge is 0.417 e. The molecule has 1 heterocycles. The van der Waals surface area contributed by atoms with Crippen molar-refractivity contribution in [1.29, 1.82) is 0 Å². The third-order valence-electron chi connectivity index (χ3n) is 3.77. The Morgan fingerprint density at radius 3 is 2.56 bits per heavy atom. The summed E-state index contributed by atoms with van der Waals surface area (Å²) in [6.45, 7) is -5.64. The summed E-state index contributed by atoms with van der Waals surface area (Å²) in [7, 11) is 0. The molecule has 1 fully saturated rings. The van der Waals surface area contributed by atoms with E-state index in [1.165, 1.54) is 12.3 Å². The van der Waals surface area contributed by atoms with E-state index in [1.54, 1.807) is 6.07 Å². The molecule has 0 aromatic carbocycles. The van der Waals surface area contributed by atoms with Gasteiger partial charge in [0.1, 0.15) is 0 Å². The van der Waals surface area contributed by atoms with E-state index >= 15 is 0 Å². The highest BCUT2D eigenvalue weighted by Gasteiger charge is 2.24. The topological polar surface area (TPSA) is 72.5 Å². The normalized spacial score (nSPS) is 20.6. The number of pyridine rings is 1. The lowest BCUT2D eigenvalue weighted by Crippen LogP contribution is -2.44. The minimum absolute atomic E-state index is 0.109. The van der Waals surface area contributed by atoms with E-state index in [-0.39, 0.29) is 18.5 Å². The van der Waals surface area contributed by atoms with E-state index in [0.717, 1.165) is 0 Å². The second kappa shape index (κ2) is 9.40. The fourth-order valence-corrected chi connectivity index (χ4v) is 2.62. The van der Waals surface area contributed by atoms with E-state index in [1.807, 2.05) is 0 Å². The molecule has 0 spiro atoms. The van der Waals surface area contributed by atoms with Gasteiger partial charge in [0, 0.05) is 24.8 Å². The smallest absolute Gasteiger partial charge is 0.388 e. The molecule has 2 N–H and O–H groups in total. The Morgan fingerprint density at radius 2 is 1.92 bits per heavy atom. The summed E-state index contributed by atoms with van der Waals surface area (Å²) < 4.78 is 57.2. The molecule has 0 atom stereocenters. The van der Waals surface area contributed by atoms with Gasteiger partial charge in [-0.15, -0.1) is 0 Å². The number of rotatable bonds is 7. The average molecular weight is 365 g/mol. The fourth-order valence-electron chi connectivity index (χ4n) is 2.62. The van der Waals surface area contributed by atoms with Gasteiger partial charge in [-0.2, -0.15) is 17.6 Å². The van der Waals surface area contributed by atoms with Crippen molar-refractivity contribution >= 4 is 6.03 Å². The van der Waals surface area contributed by atoms with Gasteiger partial charge in [-0.05, 0) is 37.3 Å². The first-order chi connectivity index (χ1) is 11.9. The van der Waals surface area contributed by atoms with Crippen molar-refractivity contribution < 1.29 is 31.8 Å². The highest BCUT2D eigenvalue weighted by molar-refractivity contribution is 5.74. The van der Waals surface area contributed by atoms with Gasteiger partial charge in [-0.1, -0.05) is 0 Å². The number of amides is 2. The van der Waals surface area contributed by atoms with E-state index < -0.39 is 25.4 Å². The molecular formula is C15H19F4N3O3. The lowest BCUT2D eigenvalue weighted by atomic mass is 9.93. The Bertz CT molecular complexity index is 555. The van der Waals surface area contributed by atoms with Crippen LogP contribution in [0.5, 0.6) is 5.88 Å². The number of hydrogen-bond acceptors (Lipinski definition) is 4. The maximum absolute atomic E-state index is 12.1. The van der Waals surface area contributed by atoms with Gasteiger partial charge in [-0.3, -0.25) is 0 Å². The van der Waals surface area contributed by atoms with E-state index in [9.17, 15) is 22.4 Å². The number of aromatic nitrogens is 1. The molecular weight excluding hydrogens is 346 g/mol. The van der Waals surface area contributed by atoms with Crippen molar-refractivity contribution in [3.8, 4) is 5.88 Å². The van der Waals surface area contributed by atoms with Crippen LogP contribution in [0.2, 0.25) is 0 Å². The SMILES string of the molecule is O=C(NCc1ccnc(OC(F)F)c1)NC1CCC(OC(F)F)CC1. The van der Waals surface area contributed by atoms with Crippen LogP contribution in [0.15, 0.2) is 18.3 Å². The number of carbonyl (C=O) groups excluding carboxylic acids is 1. The second-order valence-electron chi connectivity index (χ2n) is 5.58. The van der Waals surface area contributed by atoms with Crippen molar-refractivity contribution in [1.82, 2.24) is 15.6 Å². The summed E-state index contributed by atoms with van der Waals surface area (Å²) in [5.74, 6) is -0.230. The van der Waals surface area contributed by atoms with E-state index in [2.05, 4.69) is 25.1 Å². The van der Waals surface area contributed by atoms with Crippen LogP contribution in [0, 0.1) is 0 Å². The van der Waals surface area contributed by atoms with Gasteiger partial charge in [0.15, 0.2) is 0 Å². The highest BCUT2D eigenvalue weighted by Crippen LogP contribution is 2.22. The Labute approximate surface area is 141 Å². The Balaban J connectivity index is 1.71. The maximum atomic E-state index is 12.1. The summed E-state index contributed by atoms with van der Waals surface area (Å²) in [5, 5.41) is 5.35. The minimum atomic E-state index is -2.97. The third-order valence-corrected chi connectivity index (χ3v) is 3.77. The van der Waals surface area contributed by atoms with Crippen LogP contribution in [-0.2, 0) is 11.3 Å². The predicted molar refractivity (Wildman–Crippen MR) is 79.4 cm³/mol. The molecule has 0 unspecified atom stereocenters. The quantitative estimate of drug-likeness (QED) is 0.729. The van der Waals surface area contributed by atoms with Crippen LogP contribution in [0.1, 0.15) is 31.2 Å². The van der Waals surface area contributed by atoms with Crippen molar-refractivity contribution in [3.05, 3.63) is 23.9 Å². The number of nitrogens with one attached hydrogen (secondary N) is 2. The summed E-state index contributed by atoms with van der Waals surface area (Å²) in [4.78, 5) is 15.5. The summed E-state index contributed by atoms with van der Waals surface area (Å²) >= 11 is 0. The molecule has 1 aliphatic rings. The number of urea groups is 1. The third kappa shape index (κ3) is 7.12. The molecule has 6 nitrogen and oxygen atoms in total. The number of ether oxygens (including phenoxy) is 2. The molecule has 0 bridgehead atoms. The number of carbonyl (C=O) groups is 1. The molecule has 25 heavy (non-hydrogen) atoms. The average Bonchev–Trinajstić information content (AvgIpc) is 2.54. The minimum Gasteiger partial charge on any atom is -0.417 e. The van der Waals surface area contributed by atoms with Crippen molar-refractivity contribution in [2.24, 2.45) is 0 Å². The Kier molecular flexibility index (Phi) is 7.23. The van der Waals surface area contributed by atoms with Gasteiger partial charge in [0.05, 0.1) is 6.10 Å². The molecule has 2 rings (SSSR count). The Hall–Kier alpha value is -2.10. The number of hydrogen-bond donors (Lipinski definition) is 2. The first kappa shape index (κ1) is 19.2. The summed E-state index contributed by atoms with van der Waals surface area (Å²) in [5.41, 5.74) is 0.551. The molecule has 1 aliphatic carbocycles. The number of nitrogens with zero attached hydrogens (tertiary/aromatic N) is 1. The lowest BCUT2D eigenvalue weighted by molar-refractivity contribution is -0.170. The monoisotopic (exact) mass is 365 g/mol. The van der Waals surface area contributed by atoms with Crippen LogP contribution in [0.25, 0.3) is 0 Å². The first-order valence-electron chi connectivity index (χ1n) is 7.80. The van der Waals surface area contributed by atoms with Crippen LogP contribution in [0.3, 0.4) is 0 Å². The Morgan fingerprint density at radius 1 is 1.20 bits per heavy atom. The van der Waals surface area contributed by atoms with Gasteiger partial charge in [0.25, 0.3) is 0 Å². The zero-order valence-electron chi connectivity index (χ0n) is 13.3. The molecule has 140 valence electrons. The molecule has 0 saturated heterocycles. The second-order valence-corrected chi connectivity index (χ2v) is 5.58. The van der Waals surface area contributed by atoms with Crippen molar-refractivity contribution in [3.63, 3.8) is 0 Å². The van der Waals surface area contributed by atoms with Crippen LogP contribution < -0.4 is 15.4 Å². The summed E-state index contributed by atoms with van der Waals surface area (Å²) in [6.07, 6.45) is 2.82. The summed E-state index contributed by atoms with van der Waals surface area (Å²) in [6, 6.07) is 2.32. The maximum Gasteiger partial charge on any atom is 0.388 e. The first-order valence-corrected chi connectivity index (χ1v) is 7.80. The predicted octanol–water partition coefficient (Wildman–Crippen LogP) is 3.03. The van der Waals surface area contributed by atoms with Crippen LogP contribution >= 0.6 is 0 Å². The number of alkyl halides is 4. The van der Waals surface area contributed by atoms with Gasteiger partial charge in [0.2, 0.25) is 5.88 Å². The van der Waals surface area contributed by atoms with E-state index in [0.29, 0.717) is 31.2 Å². The molecule has 2 amide bonds. The van der Waals surface area contributed by atoms with Crippen LogP contribution in [0.4, 0.5) is 22.4 Å². The molecule has 0 aliphatic heterocycles. The zero-order valence-corrected chi connectivity index (χ0v) is 13.3. The van der Waals surface area contributed by atoms with E-state index in [4.69, 9.17) is 0 Å². The molecule has 1 saturated carbocycles. The lowest BCUT2D eigenvalue weighted by Gasteiger charge is -2.28. The standard InChI is InChI=1S/C15H19F4N3O3/c16-13(17)24-11-3-1-10(2-4-11)22-15(23)21-8-9-5-6-20-12(7-9)25-14(18)19/h5-7,10-11,13-14H,1-4,8H2,(H2,21,22,23). The zero-order chi connectivity index (χ0) is 18.2. The van der Waals surface area contributed by atoms with Crippen LogP contribution in [-0.4, -0.2) is 36.4 Å². The molecule has 1 aromatic rings. The molecule has 0 radical (unpaired) electrons. The molecule has 10 heteroatoms. The number of halogens is 4.